The molecule has 0 heterocycles. The van der Waals surface area contributed by atoms with Crippen LogP contribution in [0.4, 0.5) is 0 Å². The van der Waals surface area contributed by atoms with Crippen LogP contribution in [-0.2, 0) is 4.79 Å². The van der Waals surface area contributed by atoms with Crippen molar-refractivity contribution in [2.45, 2.75) is 45.7 Å². The maximum Gasteiger partial charge on any atom is 0.237 e. The van der Waals surface area contributed by atoms with E-state index in [-0.39, 0.29) is 17.4 Å². The molecular formula is C17H26N2O2. The van der Waals surface area contributed by atoms with Gasteiger partial charge in [0.2, 0.25) is 5.91 Å². The van der Waals surface area contributed by atoms with E-state index in [4.69, 9.17) is 10.5 Å². The number of amides is 1. The highest BCUT2D eigenvalue weighted by atomic mass is 16.5. The molecule has 1 amide bonds. The second-order valence-electron chi connectivity index (χ2n) is 6.94. The summed E-state index contributed by atoms with van der Waals surface area (Å²) in [4.78, 5) is 12.4. The fourth-order valence-electron chi connectivity index (χ4n) is 2.35. The smallest absolute Gasteiger partial charge is 0.237 e. The van der Waals surface area contributed by atoms with Gasteiger partial charge < -0.3 is 15.8 Å². The van der Waals surface area contributed by atoms with Gasteiger partial charge in [0.25, 0.3) is 0 Å². The Morgan fingerprint density at radius 3 is 2.29 bits per heavy atom. The van der Waals surface area contributed by atoms with Crippen molar-refractivity contribution in [3.05, 3.63) is 29.8 Å². The highest BCUT2D eigenvalue weighted by Gasteiger charge is 2.36. The Morgan fingerprint density at radius 1 is 1.29 bits per heavy atom. The topological polar surface area (TPSA) is 64.3 Å². The molecule has 0 aromatic heterocycles. The van der Waals surface area contributed by atoms with Crippen LogP contribution >= 0.6 is 0 Å². The van der Waals surface area contributed by atoms with Crippen molar-refractivity contribution >= 4 is 5.91 Å². The molecule has 21 heavy (non-hydrogen) atoms. The van der Waals surface area contributed by atoms with Gasteiger partial charge in [-0.3, -0.25) is 4.79 Å². The van der Waals surface area contributed by atoms with Crippen LogP contribution in [-0.4, -0.2) is 19.1 Å². The first-order chi connectivity index (χ1) is 9.82. The molecular weight excluding hydrogens is 264 g/mol. The van der Waals surface area contributed by atoms with Crippen molar-refractivity contribution in [3.8, 4) is 5.75 Å². The lowest BCUT2D eigenvalue weighted by atomic mass is 9.86. The molecule has 1 fully saturated rings. The van der Waals surface area contributed by atoms with Crippen LogP contribution < -0.4 is 15.8 Å². The Bertz CT molecular complexity index is 487. The van der Waals surface area contributed by atoms with E-state index >= 15 is 0 Å². The van der Waals surface area contributed by atoms with E-state index in [2.05, 4.69) is 5.32 Å². The SMILES string of the molecule is COc1ccc(C(NC(=O)[C@@H](N)C(C)(C)C)C2CC2)cc1. The van der Waals surface area contributed by atoms with Crippen LogP contribution in [0.2, 0.25) is 0 Å². The summed E-state index contributed by atoms with van der Waals surface area (Å²) in [5.74, 6) is 1.27. The summed E-state index contributed by atoms with van der Waals surface area (Å²) in [7, 11) is 1.65. The van der Waals surface area contributed by atoms with Crippen molar-refractivity contribution in [1.29, 1.82) is 0 Å². The number of nitrogens with two attached hydrogens (primary N) is 1. The van der Waals surface area contributed by atoms with E-state index in [9.17, 15) is 4.79 Å². The van der Waals surface area contributed by atoms with Crippen molar-refractivity contribution < 1.29 is 9.53 Å². The molecule has 2 rings (SSSR count). The Balaban J connectivity index is 2.10. The molecule has 1 saturated carbocycles. The largest absolute Gasteiger partial charge is 0.497 e. The van der Waals surface area contributed by atoms with E-state index in [0.717, 1.165) is 24.2 Å². The summed E-state index contributed by atoms with van der Waals surface area (Å²) < 4.78 is 5.18. The quantitative estimate of drug-likeness (QED) is 0.876. The molecule has 2 atom stereocenters. The van der Waals surface area contributed by atoms with Crippen LogP contribution in [0.5, 0.6) is 5.75 Å². The molecule has 1 aliphatic carbocycles. The number of carbonyl (C=O) groups excluding carboxylic acids is 1. The van der Waals surface area contributed by atoms with Gasteiger partial charge >= 0.3 is 0 Å². The van der Waals surface area contributed by atoms with Crippen molar-refractivity contribution in [2.75, 3.05) is 7.11 Å². The molecule has 1 aliphatic rings. The molecule has 0 saturated heterocycles. The van der Waals surface area contributed by atoms with Crippen molar-refractivity contribution in [3.63, 3.8) is 0 Å². The van der Waals surface area contributed by atoms with Crippen molar-refractivity contribution in [1.82, 2.24) is 5.32 Å². The average Bonchev–Trinajstić information content (AvgIpc) is 3.27. The van der Waals surface area contributed by atoms with E-state index in [1.165, 1.54) is 0 Å². The van der Waals surface area contributed by atoms with Crippen LogP contribution in [0.3, 0.4) is 0 Å². The molecule has 4 heteroatoms. The summed E-state index contributed by atoms with van der Waals surface area (Å²) >= 11 is 0. The molecule has 1 unspecified atom stereocenters. The molecule has 0 bridgehead atoms. The van der Waals surface area contributed by atoms with Crippen LogP contribution in [0.1, 0.15) is 45.2 Å². The van der Waals surface area contributed by atoms with Gasteiger partial charge in [0.15, 0.2) is 0 Å². The van der Waals surface area contributed by atoms with Gasteiger partial charge in [0, 0.05) is 0 Å². The number of benzene rings is 1. The molecule has 4 nitrogen and oxygen atoms in total. The standard InChI is InChI=1S/C17H26N2O2/c1-17(2,3)15(18)16(20)19-14(11-5-6-11)12-7-9-13(21-4)10-8-12/h7-11,14-15H,5-6,18H2,1-4H3,(H,19,20)/t14?,15-/m1/s1. The monoisotopic (exact) mass is 290 g/mol. The van der Waals surface area contributed by atoms with Gasteiger partial charge in [-0.25, -0.2) is 0 Å². The number of methoxy groups -OCH3 is 1. The summed E-state index contributed by atoms with van der Waals surface area (Å²) in [6.45, 7) is 5.95. The molecule has 0 spiro atoms. The number of hydrogen-bond donors (Lipinski definition) is 2. The minimum absolute atomic E-state index is 0.0526. The van der Waals surface area contributed by atoms with E-state index in [1.807, 2.05) is 45.0 Å². The zero-order valence-electron chi connectivity index (χ0n) is 13.3. The summed E-state index contributed by atoms with van der Waals surface area (Å²) in [6.07, 6.45) is 2.31. The average molecular weight is 290 g/mol. The minimum Gasteiger partial charge on any atom is -0.497 e. The number of hydrogen-bond acceptors (Lipinski definition) is 3. The molecule has 3 N–H and O–H groups in total. The number of carbonyl (C=O) groups is 1. The molecule has 116 valence electrons. The van der Waals surface area contributed by atoms with Crippen LogP contribution in [0.25, 0.3) is 0 Å². The molecule has 1 aromatic rings. The van der Waals surface area contributed by atoms with E-state index in [1.54, 1.807) is 7.11 Å². The highest BCUT2D eigenvalue weighted by Crippen LogP contribution is 2.41. The Kier molecular flexibility index (Phi) is 4.57. The first kappa shape index (κ1) is 15.8. The number of rotatable bonds is 5. The maximum atomic E-state index is 12.4. The Labute approximate surface area is 127 Å². The van der Waals surface area contributed by atoms with Gasteiger partial charge in [0.1, 0.15) is 5.75 Å². The van der Waals surface area contributed by atoms with Gasteiger partial charge in [0.05, 0.1) is 19.2 Å². The van der Waals surface area contributed by atoms with Crippen LogP contribution in [0, 0.1) is 11.3 Å². The van der Waals surface area contributed by atoms with E-state index in [0.29, 0.717) is 5.92 Å². The number of nitrogens with one attached hydrogen (secondary N) is 1. The molecule has 0 radical (unpaired) electrons. The van der Waals surface area contributed by atoms with Gasteiger partial charge in [-0.05, 0) is 41.9 Å². The second-order valence-corrected chi connectivity index (χ2v) is 6.94. The molecule has 0 aliphatic heterocycles. The lowest BCUT2D eigenvalue weighted by molar-refractivity contribution is -0.125. The normalized spacial score (nSPS) is 18.0. The molecule has 1 aromatic carbocycles. The maximum absolute atomic E-state index is 12.4. The third-order valence-electron chi connectivity index (χ3n) is 4.08. The fourth-order valence-corrected chi connectivity index (χ4v) is 2.35. The Hall–Kier alpha value is -1.55. The third kappa shape index (κ3) is 3.97. The lowest BCUT2D eigenvalue weighted by Gasteiger charge is -2.28. The lowest BCUT2D eigenvalue weighted by Crippen LogP contribution is -2.49. The van der Waals surface area contributed by atoms with E-state index < -0.39 is 6.04 Å². The third-order valence-corrected chi connectivity index (χ3v) is 4.08. The van der Waals surface area contributed by atoms with Crippen molar-refractivity contribution in [2.24, 2.45) is 17.1 Å². The number of ether oxygens (including phenoxy) is 1. The minimum atomic E-state index is -0.503. The summed E-state index contributed by atoms with van der Waals surface area (Å²) in [6, 6.07) is 7.45. The second kappa shape index (κ2) is 6.06. The fraction of sp³-hybridized carbons (Fsp3) is 0.588. The van der Waals surface area contributed by atoms with Gasteiger partial charge in [-0.2, -0.15) is 0 Å². The Morgan fingerprint density at radius 2 is 1.86 bits per heavy atom. The first-order valence-corrected chi connectivity index (χ1v) is 7.53. The van der Waals surface area contributed by atoms with Gasteiger partial charge in [-0.15, -0.1) is 0 Å². The zero-order chi connectivity index (χ0) is 15.6. The van der Waals surface area contributed by atoms with Gasteiger partial charge in [-0.1, -0.05) is 32.9 Å². The highest BCUT2D eigenvalue weighted by molar-refractivity contribution is 5.82. The predicted octanol–water partition coefficient (Wildman–Crippen LogP) is 2.64. The summed E-state index contributed by atoms with van der Waals surface area (Å²) in [5, 5.41) is 3.13. The predicted molar refractivity (Wildman–Crippen MR) is 84.0 cm³/mol. The first-order valence-electron chi connectivity index (χ1n) is 7.53. The summed E-state index contributed by atoms with van der Waals surface area (Å²) in [5.41, 5.74) is 6.94. The zero-order valence-corrected chi connectivity index (χ0v) is 13.3. The van der Waals surface area contributed by atoms with Crippen LogP contribution in [0.15, 0.2) is 24.3 Å².